The van der Waals surface area contributed by atoms with Crippen LogP contribution in [0.2, 0.25) is 5.02 Å². The molecule has 0 radical (unpaired) electrons. The first-order chi connectivity index (χ1) is 9.58. The van der Waals surface area contributed by atoms with Gasteiger partial charge in [0.15, 0.2) is 0 Å². The maximum absolute atomic E-state index is 12.1. The molecule has 3 nitrogen and oxygen atoms in total. The van der Waals surface area contributed by atoms with Gasteiger partial charge in [0, 0.05) is 36.9 Å². The number of halogens is 1. The molecule has 0 saturated carbocycles. The van der Waals surface area contributed by atoms with Gasteiger partial charge in [-0.05, 0) is 29.8 Å². The van der Waals surface area contributed by atoms with Gasteiger partial charge < -0.3 is 10.2 Å². The van der Waals surface area contributed by atoms with Crippen molar-refractivity contribution in [3.8, 4) is 0 Å². The standard InChI is InChI=1S/C16H17ClN2O/c1-19(2)14-8-5-7-12(10-14)16(20)18-11-13-6-3-4-9-15(13)17/h3-10H,11H2,1-2H3,(H,18,20). The Hall–Kier alpha value is -2.00. The van der Waals surface area contributed by atoms with Gasteiger partial charge in [-0.15, -0.1) is 0 Å². The van der Waals surface area contributed by atoms with Crippen LogP contribution < -0.4 is 10.2 Å². The zero-order chi connectivity index (χ0) is 14.5. The van der Waals surface area contributed by atoms with Crippen molar-refractivity contribution in [2.75, 3.05) is 19.0 Å². The number of hydrogen-bond donors (Lipinski definition) is 1. The van der Waals surface area contributed by atoms with E-state index in [2.05, 4.69) is 5.32 Å². The van der Waals surface area contributed by atoms with Crippen LogP contribution in [0.1, 0.15) is 15.9 Å². The molecule has 2 aromatic carbocycles. The molecule has 20 heavy (non-hydrogen) atoms. The van der Waals surface area contributed by atoms with Crippen molar-refractivity contribution < 1.29 is 4.79 Å². The van der Waals surface area contributed by atoms with E-state index in [0.717, 1.165) is 11.3 Å². The first-order valence-corrected chi connectivity index (χ1v) is 6.74. The highest BCUT2D eigenvalue weighted by Crippen LogP contribution is 2.16. The molecule has 0 fully saturated rings. The lowest BCUT2D eigenvalue weighted by atomic mass is 10.1. The zero-order valence-electron chi connectivity index (χ0n) is 11.6. The number of benzene rings is 2. The molecule has 1 N–H and O–H groups in total. The molecular formula is C16H17ClN2O. The minimum atomic E-state index is -0.103. The van der Waals surface area contributed by atoms with E-state index in [4.69, 9.17) is 11.6 Å². The lowest BCUT2D eigenvalue weighted by molar-refractivity contribution is 0.0951. The van der Waals surface area contributed by atoms with Crippen molar-refractivity contribution in [3.63, 3.8) is 0 Å². The summed E-state index contributed by atoms with van der Waals surface area (Å²) < 4.78 is 0. The van der Waals surface area contributed by atoms with Crippen LogP contribution >= 0.6 is 11.6 Å². The van der Waals surface area contributed by atoms with Crippen LogP contribution in [-0.4, -0.2) is 20.0 Å². The van der Waals surface area contributed by atoms with E-state index >= 15 is 0 Å². The predicted molar refractivity (Wildman–Crippen MR) is 83.4 cm³/mol. The highest BCUT2D eigenvalue weighted by atomic mass is 35.5. The SMILES string of the molecule is CN(C)c1cccc(C(=O)NCc2ccccc2Cl)c1. The normalized spacial score (nSPS) is 10.2. The maximum Gasteiger partial charge on any atom is 0.251 e. The third-order valence-corrected chi connectivity index (χ3v) is 3.39. The number of nitrogens with one attached hydrogen (secondary N) is 1. The van der Waals surface area contributed by atoms with E-state index < -0.39 is 0 Å². The fourth-order valence-electron chi connectivity index (χ4n) is 1.84. The Balaban J connectivity index is 2.05. The minimum Gasteiger partial charge on any atom is -0.378 e. The van der Waals surface area contributed by atoms with Crippen molar-refractivity contribution in [1.29, 1.82) is 0 Å². The van der Waals surface area contributed by atoms with Gasteiger partial charge in [-0.3, -0.25) is 4.79 Å². The second-order valence-corrected chi connectivity index (χ2v) is 5.13. The van der Waals surface area contributed by atoms with E-state index in [1.165, 1.54) is 0 Å². The van der Waals surface area contributed by atoms with Crippen molar-refractivity contribution in [2.45, 2.75) is 6.54 Å². The van der Waals surface area contributed by atoms with Crippen molar-refractivity contribution >= 4 is 23.2 Å². The fraction of sp³-hybridized carbons (Fsp3) is 0.188. The Morgan fingerprint density at radius 1 is 1.15 bits per heavy atom. The number of rotatable bonds is 4. The summed E-state index contributed by atoms with van der Waals surface area (Å²) >= 11 is 6.06. The average molecular weight is 289 g/mol. The Labute approximate surface area is 124 Å². The Kier molecular flexibility index (Phi) is 4.64. The molecule has 1 amide bonds. The third kappa shape index (κ3) is 3.52. The lowest BCUT2D eigenvalue weighted by Gasteiger charge is -2.13. The zero-order valence-corrected chi connectivity index (χ0v) is 12.3. The summed E-state index contributed by atoms with van der Waals surface area (Å²) in [6.07, 6.45) is 0. The van der Waals surface area contributed by atoms with Crippen molar-refractivity contribution in [1.82, 2.24) is 5.32 Å². The summed E-state index contributed by atoms with van der Waals surface area (Å²) in [5.74, 6) is -0.103. The monoisotopic (exact) mass is 288 g/mol. The van der Waals surface area contributed by atoms with Gasteiger partial charge >= 0.3 is 0 Å². The lowest BCUT2D eigenvalue weighted by Crippen LogP contribution is -2.23. The molecule has 0 aliphatic heterocycles. The Bertz CT molecular complexity index is 611. The van der Waals surface area contributed by atoms with Crippen LogP contribution in [0.5, 0.6) is 0 Å². The molecule has 0 saturated heterocycles. The minimum absolute atomic E-state index is 0.103. The molecule has 0 aromatic heterocycles. The van der Waals surface area contributed by atoms with Crippen LogP contribution in [0.15, 0.2) is 48.5 Å². The third-order valence-electron chi connectivity index (χ3n) is 3.02. The van der Waals surface area contributed by atoms with Crippen LogP contribution in [0.3, 0.4) is 0 Å². The highest BCUT2D eigenvalue weighted by molar-refractivity contribution is 6.31. The summed E-state index contributed by atoms with van der Waals surface area (Å²) in [6.45, 7) is 0.421. The molecule has 2 aromatic rings. The van der Waals surface area contributed by atoms with E-state index in [0.29, 0.717) is 17.1 Å². The van der Waals surface area contributed by atoms with Crippen molar-refractivity contribution in [2.24, 2.45) is 0 Å². The van der Waals surface area contributed by atoms with Crippen LogP contribution in [0.4, 0.5) is 5.69 Å². The molecule has 0 heterocycles. The van der Waals surface area contributed by atoms with Gasteiger partial charge in [0.05, 0.1) is 0 Å². The topological polar surface area (TPSA) is 32.3 Å². The summed E-state index contributed by atoms with van der Waals surface area (Å²) in [5, 5.41) is 3.54. The Morgan fingerprint density at radius 3 is 2.60 bits per heavy atom. The van der Waals surface area contributed by atoms with E-state index in [1.54, 1.807) is 6.07 Å². The van der Waals surface area contributed by atoms with Crippen molar-refractivity contribution in [3.05, 3.63) is 64.7 Å². The van der Waals surface area contributed by atoms with Gasteiger partial charge in [-0.25, -0.2) is 0 Å². The fourth-order valence-corrected chi connectivity index (χ4v) is 2.05. The van der Waals surface area contributed by atoms with Crippen LogP contribution in [0, 0.1) is 0 Å². The second-order valence-electron chi connectivity index (χ2n) is 4.72. The molecule has 4 heteroatoms. The molecule has 0 spiro atoms. The number of carbonyl (C=O) groups excluding carboxylic acids is 1. The predicted octanol–water partition coefficient (Wildman–Crippen LogP) is 3.34. The van der Waals surface area contributed by atoms with Gasteiger partial charge in [0.2, 0.25) is 0 Å². The largest absolute Gasteiger partial charge is 0.378 e. The molecule has 0 aliphatic rings. The number of carbonyl (C=O) groups is 1. The van der Waals surface area contributed by atoms with E-state index in [9.17, 15) is 4.79 Å². The number of nitrogens with zero attached hydrogens (tertiary/aromatic N) is 1. The van der Waals surface area contributed by atoms with Gasteiger partial charge in [0.25, 0.3) is 5.91 Å². The number of hydrogen-bond acceptors (Lipinski definition) is 2. The summed E-state index contributed by atoms with van der Waals surface area (Å²) in [7, 11) is 3.89. The van der Waals surface area contributed by atoms with E-state index in [1.807, 2.05) is 61.5 Å². The van der Waals surface area contributed by atoms with Gasteiger partial charge in [-0.2, -0.15) is 0 Å². The smallest absolute Gasteiger partial charge is 0.251 e. The number of anilines is 1. The molecule has 0 unspecified atom stereocenters. The van der Waals surface area contributed by atoms with Crippen LogP contribution in [0.25, 0.3) is 0 Å². The Morgan fingerprint density at radius 2 is 1.90 bits per heavy atom. The quantitative estimate of drug-likeness (QED) is 0.936. The molecule has 104 valence electrons. The van der Waals surface area contributed by atoms with Crippen LogP contribution in [-0.2, 0) is 6.54 Å². The number of amides is 1. The molecule has 0 bridgehead atoms. The summed E-state index contributed by atoms with van der Waals surface area (Å²) in [5.41, 5.74) is 2.55. The average Bonchev–Trinajstić information content (AvgIpc) is 2.46. The van der Waals surface area contributed by atoms with Gasteiger partial charge in [0.1, 0.15) is 0 Å². The summed E-state index contributed by atoms with van der Waals surface area (Å²) in [6, 6.07) is 15.0. The maximum atomic E-state index is 12.1. The van der Waals surface area contributed by atoms with E-state index in [-0.39, 0.29) is 5.91 Å². The summed E-state index contributed by atoms with van der Waals surface area (Å²) in [4.78, 5) is 14.1. The van der Waals surface area contributed by atoms with Gasteiger partial charge in [-0.1, -0.05) is 35.9 Å². The molecule has 2 rings (SSSR count). The first-order valence-electron chi connectivity index (χ1n) is 6.37. The highest BCUT2D eigenvalue weighted by Gasteiger charge is 2.07. The molecule has 0 atom stereocenters. The second kappa shape index (κ2) is 6.44. The molecular weight excluding hydrogens is 272 g/mol. The first kappa shape index (κ1) is 14.4. The molecule has 0 aliphatic carbocycles.